The Hall–Kier alpha value is -3.11. The Morgan fingerprint density at radius 2 is 0.841 bits per heavy atom. The van der Waals surface area contributed by atoms with Gasteiger partial charge >= 0.3 is 19.8 Å². The van der Waals surface area contributed by atoms with E-state index in [4.69, 9.17) is 19.1 Å². The molecule has 0 aromatic rings. The minimum Gasteiger partial charge on any atom is -0.462 e. The molecule has 63 heavy (non-hydrogen) atoms. The highest BCUT2D eigenvalue weighted by atomic mass is 31.2. The average molecular weight is 903 g/mol. The second-order valence-electron chi connectivity index (χ2n) is 15.8. The number of phosphoric ester groups is 1. The van der Waals surface area contributed by atoms with Crippen LogP contribution >= 0.6 is 7.82 Å². The average Bonchev–Trinajstić information content (AvgIpc) is 3.27. The summed E-state index contributed by atoms with van der Waals surface area (Å²) >= 11 is 0. The molecule has 10 nitrogen and oxygen atoms in total. The van der Waals surface area contributed by atoms with Crippen LogP contribution in [0.2, 0.25) is 0 Å². The van der Waals surface area contributed by atoms with Crippen LogP contribution in [0.25, 0.3) is 0 Å². The molecule has 0 saturated carbocycles. The lowest BCUT2D eigenvalue weighted by molar-refractivity contribution is -0.161. The molecule has 0 radical (unpaired) electrons. The zero-order valence-corrected chi connectivity index (χ0v) is 40.1. The SMILES string of the molecule is CCCCC/C=C/C/C=C/C/C=C/C/C=C/CCCCCC(=O)OC[C@H](COP(=O)(O)OC[C@@H](O)CO)OC(=O)CCC/C=C/C/C=C/C/C=C/C/C=C/CCCCCCCCC. The molecule has 0 bridgehead atoms. The molecular formula is C52H87O10P. The number of esters is 2. The van der Waals surface area contributed by atoms with Crippen molar-refractivity contribution in [2.75, 3.05) is 26.4 Å². The van der Waals surface area contributed by atoms with Gasteiger partial charge < -0.3 is 24.6 Å². The van der Waals surface area contributed by atoms with Crippen LogP contribution in [0.1, 0.15) is 181 Å². The number of phosphoric acid groups is 1. The molecule has 0 aromatic carbocycles. The number of hydrogen-bond acceptors (Lipinski definition) is 9. The summed E-state index contributed by atoms with van der Waals surface area (Å²) in [5.41, 5.74) is 0. The zero-order chi connectivity index (χ0) is 46.2. The lowest BCUT2D eigenvalue weighted by atomic mass is 10.1. The quantitative estimate of drug-likeness (QED) is 0.0233. The van der Waals surface area contributed by atoms with E-state index in [0.717, 1.165) is 57.8 Å². The van der Waals surface area contributed by atoms with E-state index in [1.54, 1.807) is 0 Å². The molecule has 0 heterocycles. The van der Waals surface area contributed by atoms with Crippen LogP contribution in [0.4, 0.5) is 0 Å². The molecule has 0 aromatic heterocycles. The van der Waals surface area contributed by atoms with Gasteiger partial charge in [0.1, 0.15) is 12.7 Å². The number of carbonyl (C=O) groups is 2. The molecule has 0 rings (SSSR count). The summed E-state index contributed by atoms with van der Waals surface area (Å²) in [5.74, 6) is -1.03. The largest absolute Gasteiger partial charge is 0.472 e. The van der Waals surface area contributed by atoms with Crippen LogP contribution in [0, 0.1) is 0 Å². The van der Waals surface area contributed by atoms with Gasteiger partial charge in [-0.2, -0.15) is 0 Å². The molecular weight excluding hydrogens is 816 g/mol. The Labute approximate surface area is 383 Å². The Bertz CT molecular complexity index is 1360. The van der Waals surface area contributed by atoms with Crippen molar-refractivity contribution in [1.82, 2.24) is 0 Å². The van der Waals surface area contributed by atoms with Gasteiger partial charge in [0.15, 0.2) is 6.10 Å². The summed E-state index contributed by atoms with van der Waals surface area (Å²) < 4.78 is 32.7. The van der Waals surface area contributed by atoms with Gasteiger partial charge in [-0.1, -0.05) is 169 Å². The van der Waals surface area contributed by atoms with Gasteiger partial charge in [0, 0.05) is 12.8 Å². The third-order valence-electron chi connectivity index (χ3n) is 9.71. The Morgan fingerprint density at radius 1 is 0.476 bits per heavy atom. The van der Waals surface area contributed by atoms with E-state index in [9.17, 15) is 24.2 Å². The van der Waals surface area contributed by atoms with Crippen LogP contribution < -0.4 is 0 Å². The highest BCUT2D eigenvalue weighted by Crippen LogP contribution is 2.43. The van der Waals surface area contributed by atoms with Crippen LogP contribution in [-0.4, -0.2) is 65.7 Å². The summed E-state index contributed by atoms with van der Waals surface area (Å²) in [6.07, 6.45) is 58.1. The maximum atomic E-state index is 12.6. The first kappa shape index (κ1) is 59.9. The number of rotatable bonds is 44. The summed E-state index contributed by atoms with van der Waals surface area (Å²) in [7, 11) is -4.65. The molecule has 360 valence electrons. The van der Waals surface area contributed by atoms with Gasteiger partial charge in [0.2, 0.25) is 0 Å². The normalized spacial score (nSPS) is 14.6. The van der Waals surface area contributed by atoms with Gasteiger partial charge in [0.25, 0.3) is 0 Å². The Morgan fingerprint density at radius 3 is 1.32 bits per heavy atom. The van der Waals surface area contributed by atoms with Crippen LogP contribution in [0.3, 0.4) is 0 Å². The number of aliphatic hydroxyl groups excluding tert-OH is 2. The van der Waals surface area contributed by atoms with Gasteiger partial charge in [0.05, 0.1) is 19.8 Å². The van der Waals surface area contributed by atoms with Crippen molar-refractivity contribution in [3.05, 3.63) is 97.2 Å². The zero-order valence-electron chi connectivity index (χ0n) is 39.3. The highest BCUT2D eigenvalue weighted by Gasteiger charge is 2.27. The fourth-order valence-electron chi connectivity index (χ4n) is 5.97. The maximum absolute atomic E-state index is 12.6. The number of unbranched alkanes of at least 4 members (excludes halogenated alkanes) is 14. The van der Waals surface area contributed by atoms with Gasteiger partial charge in [-0.05, 0) is 96.3 Å². The molecule has 0 saturated heterocycles. The summed E-state index contributed by atoms with van der Waals surface area (Å²) in [6, 6.07) is 0. The fourth-order valence-corrected chi connectivity index (χ4v) is 6.76. The van der Waals surface area contributed by atoms with Crippen molar-refractivity contribution < 1.29 is 47.8 Å². The summed E-state index contributed by atoms with van der Waals surface area (Å²) in [6.45, 7) is 2.24. The molecule has 1 unspecified atom stereocenters. The van der Waals surface area contributed by atoms with E-state index in [0.29, 0.717) is 19.3 Å². The molecule has 0 spiro atoms. The van der Waals surface area contributed by atoms with Crippen molar-refractivity contribution in [3.8, 4) is 0 Å². The number of allylic oxidation sites excluding steroid dienone is 16. The van der Waals surface area contributed by atoms with Crippen LogP contribution in [0.5, 0.6) is 0 Å². The second-order valence-corrected chi connectivity index (χ2v) is 17.2. The van der Waals surface area contributed by atoms with Crippen molar-refractivity contribution in [2.24, 2.45) is 0 Å². The predicted molar refractivity (Wildman–Crippen MR) is 260 cm³/mol. The van der Waals surface area contributed by atoms with E-state index >= 15 is 0 Å². The van der Waals surface area contributed by atoms with Gasteiger partial charge in [-0.15, -0.1) is 0 Å². The molecule has 11 heteroatoms. The third-order valence-corrected chi connectivity index (χ3v) is 10.7. The Kier molecular flexibility index (Phi) is 44.6. The molecule has 0 aliphatic carbocycles. The van der Waals surface area contributed by atoms with Crippen molar-refractivity contribution >= 4 is 19.8 Å². The minimum atomic E-state index is -4.65. The van der Waals surface area contributed by atoms with Crippen molar-refractivity contribution in [3.63, 3.8) is 0 Å². The standard InChI is InChI=1S/C52H87O10P/c1-3-5-7-9-11-13-15-17-19-21-23-24-26-28-30-32-34-36-38-40-42-44-52(56)62-50(48-61-63(57,58)60-46-49(54)45-53)47-59-51(55)43-41-39-37-35-33-31-29-27-25-22-20-18-16-14-12-10-8-6-4-2/h12,14,18-21,24-27,30-33,36,38,49-50,53-54H,3-11,13,15-17,22-23,28-29,34-35,37,39-48H2,1-2H3,(H,57,58)/b14-12+,20-18+,21-19+,26-24+,27-25+,32-30+,33-31+,38-36+/t49-,50+/m0/s1. The summed E-state index contributed by atoms with van der Waals surface area (Å²) in [5, 5.41) is 18.4. The Balaban J connectivity index is 4.42. The highest BCUT2D eigenvalue weighted by molar-refractivity contribution is 7.47. The van der Waals surface area contributed by atoms with E-state index in [1.807, 2.05) is 12.2 Å². The van der Waals surface area contributed by atoms with E-state index in [2.05, 4.69) is 103 Å². The monoisotopic (exact) mass is 903 g/mol. The predicted octanol–water partition coefficient (Wildman–Crippen LogP) is 13.6. The lowest BCUT2D eigenvalue weighted by Crippen LogP contribution is -2.29. The first-order valence-corrected chi connectivity index (χ1v) is 25.7. The number of hydrogen-bond donors (Lipinski definition) is 3. The molecule has 3 atom stereocenters. The number of carbonyl (C=O) groups excluding carboxylic acids is 2. The molecule has 3 N–H and O–H groups in total. The number of ether oxygens (including phenoxy) is 2. The molecule has 0 aliphatic heterocycles. The first-order chi connectivity index (χ1) is 30.7. The third kappa shape index (κ3) is 46.7. The van der Waals surface area contributed by atoms with E-state index in [-0.39, 0.29) is 19.4 Å². The first-order valence-electron chi connectivity index (χ1n) is 24.2. The molecule has 0 fully saturated rings. The van der Waals surface area contributed by atoms with Gasteiger partial charge in [-0.25, -0.2) is 4.57 Å². The van der Waals surface area contributed by atoms with Gasteiger partial charge in [-0.3, -0.25) is 18.6 Å². The van der Waals surface area contributed by atoms with Crippen LogP contribution in [-0.2, 0) is 32.7 Å². The lowest BCUT2D eigenvalue weighted by Gasteiger charge is -2.20. The van der Waals surface area contributed by atoms with Crippen molar-refractivity contribution in [1.29, 1.82) is 0 Å². The molecule has 0 aliphatic rings. The number of aliphatic hydroxyl groups is 2. The minimum absolute atomic E-state index is 0.0956. The second kappa shape index (κ2) is 46.9. The van der Waals surface area contributed by atoms with E-state index in [1.165, 1.54) is 77.0 Å². The smallest absolute Gasteiger partial charge is 0.462 e. The van der Waals surface area contributed by atoms with Crippen LogP contribution in [0.15, 0.2) is 97.2 Å². The summed E-state index contributed by atoms with van der Waals surface area (Å²) in [4.78, 5) is 35.1. The van der Waals surface area contributed by atoms with Crippen molar-refractivity contribution in [2.45, 2.75) is 193 Å². The molecule has 0 amide bonds. The van der Waals surface area contributed by atoms with E-state index < -0.39 is 51.8 Å². The maximum Gasteiger partial charge on any atom is 0.472 e. The fraction of sp³-hybridized carbons (Fsp3) is 0.654. The topological polar surface area (TPSA) is 149 Å².